The smallest absolute Gasteiger partial charge is 0.0480 e. The fraction of sp³-hybridized carbons (Fsp3) is 0.455. The van der Waals surface area contributed by atoms with Gasteiger partial charge in [-0.3, -0.25) is 0 Å². The molecule has 2 nitrogen and oxygen atoms in total. The Hall–Kier alpha value is -0.380. The minimum Gasteiger partial charge on any atom is -0.396 e. The Kier molecular flexibility index (Phi) is 2.91. The Labute approximate surface area is 92.5 Å². The van der Waals surface area contributed by atoms with Gasteiger partial charge in [0, 0.05) is 23.0 Å². The van der Waals surface area contributed by atoms with Crippen LogP contribution in [0.25, 0.3) is 0 Å². The first-order valence-corrected chi connectivity index (χ1v) is 5.62. The fourth-order valence-electron chi connectivity index (χ4n) is 2.28. The zero-order chi connectivity index (χ0) is 10.1. The minimum atomic E-state index is 0.243. The lowest BCUT2D eigenvalue weighted by Crippen LogP contribution is -2.23. The predicted octanol–water partition coefficient (Wildman–Crippen LogP) is 1.87. The molecule has 1 aromatic carbocycles. The zero-order valence-corrected chi connectivity index (χ0v) is 9.71. The molecule has 2 unspecified atom stereocenters. The van der Waals surface area contributed by atoms with Crippen molar-refractivity contribution >= 4 is 15.9 Å². The third-order valence-electron chi connectivity index (χ3n) is 2.97. The number of aliphatic hydroxyl groups is 1. The molecule has 0 spiro atoms. The lowest BCUT2D eigenvalue weighted by atomic mass is 10.0. The van der Waals surface area contributed by atoms with E-state index in [1.807, 2.05) is 13.1 Å². The lowest BCUT2D eigenvalue weighted by molar-refractivity contribution is 0.203. The molecule has 0 heterocycles. The maximum absolute atomic E-state index is 9.28. The quantitative estimate of drug-likeness (QED) is 0.846. The summed E-state index contributed by atoms with van der Waals surface area (Å²) in [5, 5.41) is 12.5. The summed E-state index contributed by atoms with van der Waals surface area (Å²) < 4.78 is 1.16. The number of aliphatic hydroxyl groups excluding tert-OH is 1. The SMILES string of the molecule is CNC1c2cccc(Br)c2CC1CO. The van der Waals surface area contributed by atoms with Crippen molar-refractivity contribution in [2.75, 3.05) is 13.7 Å². The molecule has 0 radical (unpaired) electrons. The van der Waals surface area contributed by atoms with Gasteiger partial charge in [0.05, 0.1) is 0 Å². The first-order valence-electron chi connectivity index (χ1n) is 4.83. The normalized spacial score (nSPS) is 25.1. The van der Waals surface area contributed by atoms with Gasteiger partial charge in [-0.1, -0.05) is 28.1 Å². The Morgan fingerprint density at radius 3 is 3.00 bits per heavy atom. The van der Waals surface area contributed by atoms with Crippen LogP contribution in [0.2, 0.25) is 0 Å². The number of hydrogen-bond acceptors (Lipinski definition) is 2. The van der Waals surface area contributed by atoms with Gasteiger partial charge in [-0.2, -0.15) is 0 Å². The van der Waals surface area contributed by atoms with E-state index in [-0.39, 0.29) is 6.61 Å². The van der Waals surface area contributed by atoms with Crippen LogP contribution in [0.4, 0.5) is 0 Å². The number of rotatable bonds is 2. The first-order chi connectivity index (χ1) is 6.77. The standard InChI is InChI=1S/C11H14BrNO/c1-13-11-7(6-14)5-9-8(11)3-2-4-10(9)12/h2-4,7,11,13-14H,5-6H2,1H3. The van der Waals surface area contributed by atoms with Crippen LogP contribution in [0, 0.1) is 5.92 Å². The molecule has 1 aliphatic rings. The van der Waals surface area contributed by atoms with Crippen LogP contribution in [0.3, 0.4) is 0 Å². The maximum Gasteiger partial charge on any atom is 0.0480 e. The molecule has 0 aromatic heterocycles. The molecule has 14 heavy (non-hydrogen) atoms. The summed E-state index contributed by atoms with van der Waals surface area (Å²) in [6, 6.07) is 6.54. The van der Waals surface area contributed by atoms with Crippen molar-refractivity contribution in [3.8, 4) is 0 Å². The van der Waals surface area contributed by atoms with Crippen LogP contribution in [-0.4, -0.2) is 18.8 Å². The molecule has 1 aliphatic carbocycles. The summed E-state index contributed by atoms with van der Waals surface area (Å²) in [5.74, 6) is 0.314. The van der Waals surface area contributed by atoms with E-state index in [0.717, 1.165) is 10.9 Å². The molecule has 0 bridgehead atoms. The largest absolute Gasteiger partial charge is 0.396 e. The van der Waals surface area contributed by atoms with Gasteiger partial charge in [-0.15, -0.1) is 0 Å². The molecule has 2 N–H and O–H groups in total. The molecular weight excluding hydrogens is 242 g/mol. The van der Waals surface area contributed by atoms with Gasteiger partial charge in [-0.25, -0.2) is 0 Å². The van der Waals surface area contributed by atoms with E-state index < -0.39 is 0 Å². The molecule has 3 heteroatoms. The van der Waals surface area contributed by atoms with Gasteiger partial charge in [0.2, 0.25) is 0 Å². The Morgan fingerprint density at radius 1 is 1.57 bits per heavy atom. The molecule has 0 saturated carbocycles. The maximum atomic E-state index is 9.28. The topological polar surface area (TPSA) is 32.3 Å². The molecule has 0 fully saturated rings. The molecule has 0 amide bonds. The van der Waals surface area contributed by atoms with Gasteiger partial charge in [0.15, 0.2) is 0 Å². The van der Waals surface area contributed by atoms with Crippen LogP contribution in [0.5, 0.6) is 0 Å². The van der Waals surface area contributed by atoms with E-state index in [9.17, 15) is 5.11 Å². The highest BCUT2D eigenvalue weighted by Gasteiger charge is 2.31. The number of benzene rings is 1. The summed E-state index contributed by atoms with van der Waals surface area (Å²) in [7, 11) is 1.95. The average Bonchev–Trinajstić information content (AvgIpc) is 2.57. The Balaban J connectivity index is 2.42. The van der Waals surface area contributed by atoms with Crippen molar-refractivity contribution in [2.24, 2.45) is 5.92 Å². The van der Waals surface area contributed by atoms with Crippen LogP contribution < -0.4 is 5.32 Å². The van der Waals surface area contributed by atoms with Gasteiger partial charge < -0.3 is 10.4 Å². The molecule has 2 rings (SSSR count). The zero-order valence-electron chi connectivity index (χ0n) is 8.13. The van der Waals surface area contributed by atoms with E-state index in [1.165, 1.54) is 11.1 Å². The third kappa shape index (κ3) is 1.49. The van der Waals surface area contributed by atoms with Crippen molar-refractivity contribution in [3.05, 3.63) is 33.8 Å². The van der Waals surface area contributed by atoms with Crippen molar-refractivity contribution in [3.63, 3.8) is 0 Å². The van der Waals surface area contributed by atoms with E-state index >= 15 is 0 Å². The van der Waals surface area contributed by atoms with E-state index in [4.69, 9.17) is 0 Å². The van der Waals surface area contributed by atoms with Gasteiger partial charge in [0.25, 0.3) is 0 Å². The summed E-state index contributed by atoms with van der Waals surface area (Å²) in [6.07, 6.45) is 0.957. The number of nitrogens with one attached hydrogen (secondary N) is 1. The van der Waals surface area contributed by atoms with Crippen LogP contribution >= 0.6 is 15.9 Å². The number of halogens is 1. The summed E-state index contributed by atoms with van der Waals surface area (Å²) in [6.45, 7) is 0.243. The molecule has 0 saturated heterocycles. The molecule has 1 aromatic rings. The van der Waals surface area contributed by atoms with E-state index in [2.05, 4.69) is 33.4 Å². The average molecular weight is 256 g/mol. The van der Waals surface area contributed by atoms with E-state index in [0.29, 0.717) is 12.0 Å². The summed E-state index contributed by atoms with van der Waals surface area (Å²) >= 11 is 3.55. The van der Waals surface area contributed by atoms with Crippen molar-refractivity contribution in [1.82, 2.24) is 5.32 Å². The highest BCUT2D eigenvalue weighted by Crippen LogP contribution is 2.39. The third-order valence-corrected chi connectivity index (χ3v) is 3.72. The Bertz CT molecular complexity index is 340. The van der Waals surface area contributed by atoms with Crippen LogP contribution in [0.1, 0.15) is 17.2 Å². The fourth-order valence-corrected chi connectivity index (χ4v) is 2.82. The highest BCUT2D eigenvalue weighted by molar-refractivity contribution is 9.10. The van der Waals surface area contributed by atoms with Gasteiger partial charge >= 0.3 is 0 Å². The van der Waals surface area contributed by atoms with Gasteiger partial charge in [0.1, 0.15) is 0 Å². The number of hydrogen-bond donors (Lipinski definition) is 2. The Morgan fingerprint density at radius 2 is 2.36 bits per heavy atom. The lowest BCUT2D eigenvalue weighted by Gasteiger charge is -2.17. The van der Waals surface area contributed by atoms with Crippen LogP contribution in [-0.2, 0) is 6.42 Å². The minimum absolute atomic E-state index is 0.243. The van der Waals surface area contributed by atoms with Gasteiger partial charge in [-0.05, 0) is 30.7 Å². The second-order valence-corrected chi connectivity index (χ2v) is 4.58. The molecule has 0 aliphatic heterocycles. The van der Waals surface area contributed by atoms with E-state index in [1.54, 1.807) is 0 Å². The summed E-state index contributed by atoms with van der Waals surface area (Å²) in [5.41, 5.74) is 2.66. The second-order valence-electron chi connectivity index (χ2n) is 3.72. The molecule has 2 atom stereocenters. The van der Waals surface area contributed by atoms with Crippen molar-refractivity contribution in [2.45, 2.75) is 12.5 Å². The highest BCUT2D eigenvalue weighted by atomic mass is 79.9. The molecule has 76 valence electrons. The summed E-state index contributed by atoms with van der Waals surface area (Å²) in [4.78, 5) is 0. The monoisotopic (exact) mass is 255 g/mol. The second kappa shape index (κ2) is 4.01. The van der Waals surface area contributed by atoms with Crippen molar-refractivity contribution < 1.29 is 5.11 Å². The van der Waals surface area contributed by atoms with Crippen molar-refractivity contribution in [1.29, 1.82) is 0 Å². The number of fused-ring (bicyclic) bond motifs is 1. The molecular formula is C11H14BrNO. The van der Waals surface area contributed by atoms with Crippen LogP contribution in [0.15, 0.2) is 22.7 Å². The predicted molar refractivity (Wildman–Crippen MR) is 60.2 cm³/mol. The first kappa shape index (κ1) is 10.1.